The van der Waals surface area contributed by atoms with Gasteiger partial charge in [-0.3, -0.25) is 9.69 Å². The van der Waals surface area contributed by atoms with E-state index in [4.69, 9.17) is 43.2 Å². The van der Waals surface area contributed by atoms with E-state index in [2.05, 4.69) is 12.7 Å². The number of carbonyl (C=O) groups excluding carboxylic acids is 2. The van der Waals surface area contributed by atoms with E-state index in [-0.39, 0.29) is 70.5 Å². The number of hydrogen-bond acceptors (Lipinski definition) is 13. The second kappa shape index (κ2) is 22.0. The molecule has 0 bridgehead atoms. The lowest BCUT2D eigenvalue weighted by Gasteiger charge is -2.59. The van der Waals surface area contributed by atoms with Crippen LogP contribution < -0.4 is 23.7 Å². The zero-order valence-corrected chi connectivity index (χ0v) is 38.2. The molecule has 1 fully saturated rings. The number of benzene rings is 4. The van der Waals surface area contributed by atoms with Crippen LogP contribution in [0.25, 0.3) is 0 Å². The second-order valence-electron chi connectivity index (χ2n) is 17.2. The van der Waals surface area contributed by atoms with Gasteiger partial charge in [-0.05, 0) is 110 Å². The molecule has 2 N–H and O–H groups in total. The highest BCUT2D eigenvalue weighted by Gasteiger charge is 2.65. The first kappa shape index (κ1) is 47.2. The van der Waals surface area contributed by atoms with E-state index in [0.29, 0.717) is 58.6 Å². The van der Waals surface area contributed by atoms with Gasteiger partial charge in [-0.1, -0.05) is 66.5 Å². The summed E-state index contributed by atoms with van der Waals surface area (Å²) in [5, 5.41) is 25.0. The highest BCUT2D eigenvalue weighted by Crippen LogP contribution is 2.62. The fourth-order valence-electron chi connectivity index (χ4n) is 10.2. The molecule has 1 amide bonds. The molecule has 0 unspecified atom stereocenters. The van der Waals surface area contributed by atoms with Crippen molar-refractivity contribution < 1.29 is 57.8 Å². The van der Waals surface area contributed by atoms with E-state index >= 15 is 0 Å². The van der Waals surface area contributed by atoms with Crippen molar-refractivity contribution in [2.24, 2.45) is 22.9 Å². The molecule has 14 nitrogen and oxygen atoms in total. The number of aldehydes is 1. The Morgan fingerprint density at radius 3 is 2.43 bits per heavy atom. The molecule has 0 radical (unpaired) electrons. The normalized spacial score (nSPS) is 22.7. The molecular weight excluding hydrogens is 857 g/mol. The molecule has 2 aliphatic carbocycles. The monoisotopic (exact) mass is 916 g/mol. The van der Waals surface area contributed by atoms with Crippen LogP contribution in [-0.2, 0) is 27.5 Å². The lowest BCUT2D eigenvalue weighted by molar-refractivity contribution is -0.256. The third-order valence-electron chi connectivity index (χ3n) is 13.1. The molecule has 4 aromatic carbocycles. The molecule has 0 saturated heterocycles. The Morgan fingerprint density at radius 1 is 0.910 bits per heavy atom. The van der Waals surface area contributed by atoms with Gasteiger partial charge < -0.3 is 48.2 Å². The van der Waals surface area contributed by atoms with Crippen LogP contribution in [0.5, 0.6) is 34.5 Å². The van der Waals surface area contributed by atoms with Crippen LogP contribution in [-0.4, -0.2) is 85.4 Å². The zero-order valence-electron chi connectivity index (χ0n) is 38.2. The summed E-state index contributed by atoms with van der Waals surface area (Å²) in [5.41, 5.74) is 4.48. The Kier molecular flexibility index (Phi) is 15.5. The summed E-state index contributed by atoms with van der Waals surface area (Å²) in [7, 11) is 1.51. The largest absolute Gasteiger partial charge is 0.496 e. The topological polar surface area (TPSA) is 164 Å². The number of fused-ring (bicyclic) bond motifs is 3. The van der Waals surface area contributed by atoms with Crippen molar-refractivity contribution in [1.82, 2.24) is 4.90 Å². The van der Waals surface area contributed by atoms with Crippen LogP contribution in [0.1, 0.15) is 84.8 Å². The summed E-state index contributed by atoms with van der Waals surface area (Å²) in [6, 6.07) is 25.4. The van der Waals surface area contributed by atoms with Crippen LogP contribution in [0.4, 0.5) is 4.79 Å². The number of allylic oxidation sites excluding steroid dienone is 1. The zero-order chi connectivity index (χ0) is 46.8. The maximum Gasteiger partial charge on any atom is 0.410 e. The number of hydrogen-bond donors (Lipinski definition) is 2. The van der Waals surface area contributed by atoms with E-state index in [1.54, 1.807) is 36.1 Å². The van der Waals surface area contributed by atoms with E-state index < -0.39 is 23.8 Å². The number of methoxy groups -OCH3 is 1. The van der Waals surface area contributed by atoms with Gasteiger partial charge in [0.2, 0.25) is 12.6 Å². The molecule has 354 valence electrons. The Balaban J connectivity index is 1.33. The van der Waals surface area contributed by atoms with Crippen molar-refractivity contribution in [3.8, 4) is 34.5 Å². The van der Waals surface area contributed by atoms with Gasteiger partial charge in [-0.2, -0.15) is 0 Å². The lowest BCUT2D eigenvalue weighted by Crippen LogP contribution is -2.70. The number of aliphatic hydroxyl groups is 2. The smallest absolute Gasteiger partial charge is 0.410 e. The van der Waals surface area contributed by atoms with E-state index in [1.807, 2.05) is 66.7 Å². The number of carbonyl (C=O) groups is 2. The van der Waals surface area contributed by atoms with Gasteiger partial charge in [0.05, 0.1) is 37.5 Å². The van der Waals surface area contributed by atoms with Crippen LogP contribution >= 0.6 is 0 Å². The van der Waals surface area contributed by atoms with Gasteiger partial charge in [0.1, 0.15) is 35.6 Å². The highest BCUT2D eigenvalue weighted by molar-refractivity contribution is 6.03. The SMILES string of the molecule is C=CCO[C@@]12Oc3ccc(Oc4ccc(OC)c(C=O)c4)cc3[C@H]3[C@H](CCCCO)[C@@H](CCCCO)C=C(C(=NOCc4ccccc4)C[C@@H]1N(Cc1ccc4c(c1)OCO4)C(=O)OCC)[C@H]32. The van der Waals surface area contributed by atoms with Crippen molar-refractivity contribution in [2.45, 2.75) is 82.8 Å². The number of oxime groups is 1. The van der Waals surface area contributed by atoms with Gasteiger partial charge >= 0.3 is 6.09 Å². The molecule has 0 spiro atoms. The summed E-state index contributed by atoms with van der Waals surface area (Å²) in [6.45, 7) is 6.59. The van der Waals surface area contributed by atoms with Gasteiger partial charge in [-0.25, -0.2) is 4.79 Å². The summed E-state index contributed by atoms with van der Waals surface area (Å²) < 4.78 is 43.7. The van der Waals surface area contributed by atoms with Crippen LogP contribution in [0.3, 0.4) is 0 Å². The molecular formula is C53H60N2O12. The predicted octanol–water partition coefficient (Wildman–Crippen LogP) is 9.52. The Morgan fingerprint density at radius 2 is 1.67 bits per heavy atom. The van der Waals surface area contributed by atoms with E-state index in [1.165, 1.54) is 7.11 Å². The first-order chi connectivity index (χ1) is 32.8. The van der Waals surface area contributed by atoms with Crippen molar-refractivity contribution in [3.05, 3.63) is 131 Å². The second-order valence-corrected chi connectivity index (χ2v) is 17.2. The fraction of sp³-hybridized carbons (Fsp3) is 0.415. The Bertz CT molecular complexity index is 2420. The molecule has 8 rings (SSSR count). The standard InChI is InChI=1S/C53H60N2O12/c1-4-25-64-53-49(55(52(59)61-5-2)31-36-17-20-47-48(26-36)63-34-62-47)30-44(54-65-33-35-13-7-6-8-14-35)42-28-37(15-9-11-23-56)41(16-10-12-24-57)50(51(42)53)43-29-40(19-22-46(43)67-53)66-39-18-21-45(60-3)38(27-39)32-58/h4,6-8,13-14,17-22,26-29,32,37,41,49-51,56-57H,1,5,9-12,15-16,23-25,30-31,33-34H2,2-3H3/t37-,41+,49-,50+,51+,53+/m0/s1. The number of rotatable bonds is 22. The first-order valence-electron chi connectivity index (χ1n) is 23.2. The maximum atomic E-state index is 14.7. The summed E-state index contributed by atoms with van der Waals surface area (Å²) in [5.74, 6) is 0.731. The number of aliphatic hydroxyl groups excluding tert-OH is 2. The lowest BCUT2D eigenvalue weighted by atomic mass is 9.55. The van der Waals surface area contributed by atoms with Gasteiger partial charge in [0, 0.05) is 37.7 Å². The third-order valence-corrected chi connectivity index (χ3v) is 13.1. The summed E-state index contributed by atoms with van der Waals surface area (Å²) >= 11 is 0. The van der Waals surface area contributed by atoms with Crippen molar-refractivity contribution in [3.63, 3.8) is 0 Å². The van der Waals surface area contributed by atoms with E-state index in [0.717, 1.165) is 54.2 Å². The molecule has 67 heavy (non-hydrogen) atoms. The van der Waals surface area contributed by atoms with Gasteiger partial charge in [0.25, 0.3) is 0 Å². The molecule has 0 aromatic heterocycles. The molecule has 2 aliphatic heterocycles. The van der Waals surface area contributed by atoms with Gasteiger partial charge in [0.15, 0.2) is 17.8 Å². The van der Waals surface area contributed by atoms with Gasteiger partial charge in [-0.15, -0.1) is 6.58 Å². The average molecular weight is 917 g/mol. The van der Waals surface area contributed by atoms with Crippen LogP contribution in [0.2, 0.25) is 0 Å². The molecule has 1 saturated carbocycles. The minimum absolute atomic E-state index is 0.0107. The van der Waals surface area contributed by atoms with E-state index in [9.17, 15) is 19.8 Å². The molecule has 4 aromatic rings. The minimum Gasteiger partial charge on any atom is -0.496 e. The third kappa shape index (κ3) is 10.2. The quantitative estimate of drug-likeness (QED) is 0.0333. The fourth-order valence-corrected chi connectivity index (χ4v) is 10.2. The molecule has 14 heteroatoms. The highest BCUT2D eigenvalue weighted by atomic mass is 16.7. The summed E-state index contributed by atoms with van der Waals surface area (Å²) in [4.78, 5) is 34.6. The number of nitrogens with zero attached hydrogens (tertiary/aromatic N) is 2. The maximum absolute atomic E-state index is 14.7. The number of unbranched alkanes of at least 4 members (excludes halogenated alkanes) is 2. The first-order valence-corrected chi connectivity index (χ1v) is 23.2. The Labute approximate surface area is 391 Å². The molecule has 4 aliphatic rings. The minimum atomic E-state index is -1.53. The average Bonchev–Trinajstić information content (AvgIpc) is 3.82. The summed E-state index contributed by atoms with van der Waals surface area (Å²) in [6.07, 6.45) is 8.65. The Hall–Kier alpha value is -6.35. The molecule has 2 heterocycles. The van der Waals surface area contributed by atoms with Crippen molar-refractivity contribution in [1.29, 1.82) is 0 Å². The van der Waals surface area contributed by atoms with Crippen molar-refractivity contribution >= 4 is 18.1 Å². The molecule has 6 atom stereocenters. The van der Waals surface area contributed by atoms with Crippen LogP contribution in [0.15, 0.2) is 114 Å². The predicted molar refractivity (Wildman–Crippen MR) is 250 cm³/mol. The van der Waals surface area contributed by atoms with Crippen molar-refractivity contribution in [2.75, 3.05) is 40.3 Å². The van der Waals surface area contributed by atoms with Crippen LogP contribution in [0, 0.1) is 17.8 Å². The number of ether oxygens (including phenoxy) is 7. The number of amides is 1.